The summed E-state index contributed by atoms with van der Waals surface area (Å²) < 4.78 is 36.5. The number of halogens is 1. The number of carbonyl (C=O) groups excluding carboxylic acids is 1. The molecule has 4 heterocycles. The van der Waals surface area contributed by atoms with E-state index in [1.54, 1.807) is 31.3 Å². The van der Waals surface area contributed by atoms with Crippen LogP contribution in [0, 0.1) is 12.7 Å². The average molecular weight is 524 g/mol. The highest BCUT2D eigenvalue weighted by molar-refractivity contribution is 7.17. The van der Waals surface area contributed by atoms with Crippen LogP contribution in [0.4, 0.5) is 9.52 Å². The SMILES string of the molecule is COc1cccc(F)c1-c1cc(C)ncc1C(=O)Nc1nnc(OCc2ccc(OC3COC3)cn2)s1. The Morgan fingerprint density at radius 3 is 2.78 bits per heavy atom. The molecule has 0 radical (unpaired) electrons. The fraction of sp³-hybridized carbons (Fsp3) is 0.240. The van der Waals surface area contributed by atoms with Crippen molar-refractivity contribution in [3.8, 4) is 27.8 Å². The van der Waals surface area contributed by atoms with E-state index >= 15 is 0 Å². The highest BCUT2D eigenvalue weighted by atomic mass is 32.1. The summed E-state index contributed by atoms with van der Waals surface area (Å²) in [6.45, 7) is 3.08. The van der Waals surface area contributed by atoms with Crippen LogP contribution in [-0.2, 0) is 11.3 Å². The molecule has 1 N–H and O–H groups in total. The fourth-order valence-electron chi connectivity index (χ4n) is 3.54. The zero-order valence-corrected chi connectivity index (χ0v) is 20.8. The standard InChI is InChI=1S/C25H22FN5O5S/c1-14-8-18(22-20(26)4-3-5-21(22)33-2)19(10-27-14)23(32)29-24-30-31-25(37-24)35-11-15-6-7-16(9-28-15)36-17-12-34-13-17/h3-10,17H,11-13H2,1-2H3,(H,29,30,32). The lowest BCUT2D eigenvalue weighted by atomic mass is 9.98. The van der Waals surface area contributed by atoms with Gasteiger partial charge in [-0.15, -0.1) is 5.10 Å². The summed E-state index contributed by atoms with van der Waals surface area (Å²) >= 11 is 1.05. The van der Waals surface area contributed by atoms with Gasteiger partial charge < -0.3 is 18.9 Å². The minimum atomic E-state index is -0.523. The lowest BCUT2D eigenvalue weighted by Gasteiger charge is -2.26. The van der Waals surface area contributed by atoms with Crippen LogP contribution in [0.1, 0.15) is 21.7 Å². The molecule has 1 aliphatic heterocycles. The van der Waals surface area contributed by atoms with Crippen LogP contribution in [0.15, 0.2) is 48.8 Å². The van der Waals surface area contributed by atoms with E-state index in [9.17, 15) is 9.18 Å². The molecule has 37 heavy (non-hydrogen) atoms. The van der Waals surface area contributed by atoms with Crippen molar-refractivity contribution >= 4 is 22.4 Å². The lowest BCUT2D eigenvalue weighted by molar-refractivity contribution is -0.0798. The van der Waals surface area contributed by atoms with E-state index in [1.807, 2.05) is 6.07 Å². The van der Waals surface area contributed by atoms with E-state index in [2.05, 4.69) is 25.5 Å². The second kappa shape index (κ2) is 10.8. The molecular formula is C25H22FN5O5S. The first-order chi connectivity index (χ1) is 18.0. The number of nitrogens with zero attached hydrogens (tertiary/aromatic N) is 4. The molecule has 10 nitrogen and oxygen atoms in total. The number of amides is 1. The molecule has 0 unspecified atom stereocenters. The molecule has 4 aromatic rings. The van der Waals surface area contributed by atoms with Gasteiger partial charge in [0.1, 0.15) is 30.0 Å². The summed E-state index contributed by atoms with van der Waals surface area (Å²) in [6, 6.07) is 9.71. The van der Waals surface area contributed by atoms with Crippen LogP contribution < -0.4 is 19.5 Å². The Morgan fingerprint density at radius 2 is 2.05 bits per heavy atom. The van der Waals surface area contributed by atoms with Gasteiger partial charge in [-0.3, -0.25) is 20.1 Å². The number of anilines is 1. The predicted octanol–water partition coefficient (Wildman–Crippen LogP) is 4.06. The first-order valence-electron chi connectivity index (χ1n) is 11.3. The Morgan fingerprint density at radius 1 is 1.19 bits per heavy atom. The third-order valence-corrected chi connectivity index (χ3v) is 6.18. The Hall–Kier alpha value is -4.16. The number of rotatable bonds is 9. The van der Waals surface area contributed by atoms with Crippen molar-refractivity contribution < 1.29 is 28.1 Å². The zero-order valence-electron chi connectivity index (χ0n) is 19.9. The van der Waals surface area contributed by atoms with Crippen LogP contribution in [0.2, 0.25) is 0 Å². The van der Waals surface area contributed by atoms with Crippen molar-refractivity contribution in [2.24, 2.45) is 0 Å². The minimum Gasteiger partial charge on any atom is -0.496 e. The number of aromatic nitrogens is 4. The molecule has 12 heteroatoms. The summed E-state index contributed by atoms with van der Waals surface area (Å²) in [5.74, 6) is -0.0760. The van der Waals surface area contributed by atoms with Crippen molar-refractivity contribution in [3.05, 3.63) is 71.6 Å². The topological polar surface area (TPSA) is 118 Å². The van der Waals surface area contributed by atoms with Crippen LogP contribution in [-0.4, -0.2) is 52.5 Å². The second-order valence-electron chi connectivity index (χ2n) is 8.07. The van der Waals surface area contributed by atoms with Gasteiger partial charge >= 0.3 is 0 Å². The zero-order chi connectivity index (χ0) is 25.8. The first kappa shape index (κ1) is 24.5. The van der Waals surface area contributed by atoms with Crippen molar-refractivity contribution in [2.45, 2.75) is 19.6 Å². The maximum Gasteiger partial charge on any atom is 0.296 e. The van der Waals surface area contributed by atoms with Gasteiger partial charge in [-0.05, 0) is 48.6 Å². The summed E-state index contributed by atoms with van der Waals surface area (Å²) in [4.78, 5) is 21.6. The lowest BCUT2D eigenvalue weighted by Crippen LogP contribution is -2.38. The quantitative estimate of drug-likeness (QED) is 0.346. The molecule has 0 aliphatic carbocycles. The number of ether oxygens (including phenoxy) is 4. The molecule has 1 fully saturated rings. The number of methoxy groups -OCH3 is 1. The number of aryl methyl sites for hydroxylation is 1. The third-order valence-electron chi connectivity index (χ3n) is 5.43. The van der Waals surface area contributed by atoms with Crippen LogP contribution in [0.5, 0.6) is 16.7 Å². The molecule has 1 amide bonds. The predicted molar refractivity (Wildman–Crippen MR) is 133 cm³/mol. The van der Waals surface area contributed by atoms with Crippen LogP contribution in [0.25, 0.3) is 11.1 Å². The number of pyridine rings is 2. The monoisotopic (exact) mass is 523 g/mol. The summed E-state index contributed by atoms with van der Waals surface area (Å²) in [6.07, 6.45) is 3.08. The largest absolute Gasteiger partial charge is 0.496 e. The van der Waals surface area contributed by atoms with E-state index in [0.29, 0.717) is 41.7 Å². The number of hydrogen-bond donors (Lipinski definition) is 1. The maximum atomic E-state index is 14.8. The van der Waals surface area contributed by atoms with Crippen LogP contribution in [0.3, 0.4) is 0 Å². The second-order valence-corrected chi connectivity index (χ2v) is 9.01. The molecule has 3 aromatic heterocycles. The van der Waals surface area contributed by atoms with Gasteiger partial charge in [0, 0.05) is 17.5 Å². The summed E-state index contributed by atoms with van der Waals surface area (Å²) in [5, 5.41) is 11.1. The molecule has 1 saturated heterocycles. The van der Waals surface area contributed by atoms with E-state index in [0.717, 1.165) is 11.3 Å². The van der Waals surface area contributed by atoms with E-state index < -0.39 is 11.7 Å². The fourth-order valence-corrected chi connectivity index (χ4v) is 4.13. The molecule has 1 aliphatic rings. The average Bonchev–Trinajstić information content (AvgIpc) is 3.32. The van der Waals surface area contributed by atoms with Gasteiger partial charge in [-0.1, -0.05) is 11.2 Å². The number of benzene rings is 1. The van der Waals surface area contributed by atoms with Crippen molar-refractivity contribution in [2.75, 3.05) is 25.6 Å². The van der Waals surface area contributed by atoms with E-state index in [-0.39, 0.29) is 34.2 Å². The van der Waals surface area contributed by atoms with Crippen molar-refractivity contribution in [1.29, 1.82) is 0 Å². The Kier molecular flexibility index (Phi) is 7.19. The Labute approximate surface area is 215 Å². The summed E-state index contributed by atoms with van der Waals surface area (Å²) in [5.41, 5.74) is 1.98. The highest BCUT2D eigenvalue weighted by Crippen LogP contribution is 2.35. The summed E-state index contributed by atoms with van der Waals surface area (Å²) in [7, 11) is 1.44. The van der Waals surface area contributed by atoms with Gasteiger partial charge in [-0.25, -0.2) is 4.39 Å². The molecule has 5 rings (SSSR count). The maximum absolute atomic E-state index is 14.8. The Balaban J connectivity index is 1.25. The molecule has 1 aromatic carbocycles. The molecule has 0 atom stereocenters. The van der Waals surface area contributed by atoms with Gasteiger partial charge in [0.15, 0.2) is 0 Å². The van der Waals surface area contributed by atoms with Crippen molar-refractivity contribution in [1.82, 2.24) is 20.2 Å². The number of hydrogen-bond acceptors (Lipinski definition) is 10. The van der Waals surface area contributed by atoms with Gasteiger partial charge in [0.2, 0.25) is 5.13 Å². The van der Waals surface area contributed by atoms with Crippen LogP contribution >= 0.6 is 11.3 Å². The van der Waals surface area contributed by atoms with Crippen molar-refractivity contribution in [3.63, 3.8) is 0 Å². The van der Waals surface area contributed by atoms with Gasteiger partial charge in [0.05, 0.1) is 43.3 Å². The third kappa shape index (κ3) is 5.65. The van der Waals surface area contributed by atoms with E-state index in [4.69, 9.17) is 18.9 Å². The number of nitrogens with one attached hydrogen (secondary N) is 1. The Bertz CT molecular complexity index is 1410. The smallest absolute Gasteiger partial charge is 0.296 e. The molecule has 0 spiro atoms. The molecule has 0 bridgehead atoms. The molecular weight excluding hydrogens is 501 g/mol. The van der Waals surface area contributed by atoms with Gasteiger partial charge in [-0.2, -0.15) is 0 Å². The van der Waals surface area contributed by atoms with Gasteiger partial charge in [0.25, 0.3) is 11.1 Å². The first-order valence-corrected chi connectivity index (χ1v) is 12.1. The number of carbonyl (C=O) groups is 1. The normalized spacial score (nSPS) is 13.1. The minimum absolute atomic E-state index is 0.0689. The molecule has 190 valence electrons. The highest BCUT2D eigenvalue weighted by Gasteiger charge is 2.22. The van der Waals surface area contributed by atoms with E-state index in [1.165, 1.54) is 25.4 Å². The molecule has 0 saturated carbocycles.